The summed E-state index contributed by atoms with van der Waals surface area (Å²) in [6.45, 7) is 7.89. The summed E-state index contributed by atoms with van der Waals surface area (Å²) in [4.78, 5) is 25.9. The van der Waals surface area contributed by atoms with E-state index in [1.165, 1.54) is 30.9 Å². The highest BCUT2D eigenvalue weighted by atomic mass is 16.5. The van der Waals surface area contributed by atoms with Crippen LogP contribution in [0.4, 0.5) is 0 Å². The van der Waals surface area contributed by atoms with E-state index in [9.17, 15) is 9.59 Å². The number of ketones is 1. The summed E-state index contributed by atoms with van der Waals surface area (Å²) in [5.74, 6) is 1.32. The van der Waals surface area contributed by atoms with Crippen molar-refractivity contribution in [3.63, 3.8) is 0 Å². The van der Waals surface area contributed by atoms with Crippen LogP contribution in [0.25, 0.3) is 0 Å². The highest BCUT2D eigenvalue weighted by Crippen LogP contribution is 2.57. The van der Waals surface area contributed by atoms with Gasteiger partial charge in [-0.25, -0.2) is 0 Å². The number of ether oxygens (including phenoxy) is 1. The summed E-state index contributed by atoms with van der Waals surface area (Å²) >= 11 is 0. The van der Waals surface area contributed by atoms with Crippen molar-refractivity contribution in [2.45, 2.75) is 78.2 Å². The number of carbonyl (C=O) groups excluding carboxylic acids is 2. The molecule has 0 radical (unpaired) electrons. The number of rotatable bonds is 5. The molecule has 1 atom stereocenters. The fourth-order valence-corrected chi connectivity index (χ4v) is 6.01. The van der Waals surface area contributed by atoms with Crippen molar-refractivity contribution in [1.29, 1.82) is 0 Å². The van der Waals surface area contributed by atoms with Gasteiger partial charge in [0.05, 0.1) is 6.61 Å². The number of fused-ring (bicyclic) bond motifs is 2. The molecule has 5 rings (SSSR count). The van der Waals surface area contributed by atoms with Gasteiger partial charge in [-0.05, 0) is 92.2 Å². The lowest BCUT2D eigenvalue weighted by Crippen LogP contribution is -2.59. The first-order chi connectivity index (χ1) is 15.9. The Hall–Kier alpha value is -2.62. The molecule has 1 fully saturated rings. The van der Waals surface area contributed by atoms with Crippen LogP contribution in [0.15, 0.2) is 42.5 Å². The molecule has 2 aromatic carbocycles. The molecular weight excluding hydrogens is 410 g/mol. The van der Waals surface area contributed by atoms with E-state index < -0.39 is 5.54 Å². The minimum absolute atomic E-state index is 0.0201. The number of aryl methyl sites for hydroxylation is 2. The van der Waals surface area contributed by atoms with Gasteiger partial charge in [-0.3, -0.25) is 9.59 Å². The molecule has 176 valence electrons. The van der Waals surface area contributed by atoms with E-state index in [2.05, 4.69) is 35.6 Å². The van der Waals surface area contributed by atoms with Gasteiger partial charge in [-0.15, -0.1) is 0 Å². The van der Waals surface area contributed by atoms with Crippen LogP contribution in [0.3, 0.4) is 0 Å². The summed E-state index contributed by atoms with van der Waals surface area (Å²) in [5, 5.41) is 3.19. The molecule has 3 aliphatic rings. The van der Waals surface area contributed by atoms with E-state index in [0.29, 0.717) is 5.92 Å². The predicted octanol–water partition coefficient (Wildman–Crippen LogP) is 5.54. The fraction of sp³-hybridized carbons (Fsp3) is 0.517. The van der Waals surface area contributed by atoms with Crippen LogP contribution in [0.2, 0.25) is 0 Å². The molecule has 0 saturated heterocycles. The number of Topliss-reactive ketones (excluding diaryl/α,β-unsaturated/α-hetero) is 1. The maximum atomic E-state index is 13.5. The Bertz CT molecular complexity index is 1010. The number of hydrogen-bond acceptors (Lipinski definition) is 3. The number of benzene rings is 2. The van der Waals surface area contributed by atoms with Crippen molar-refractivity contribution >= 4 is 11.7 Å². The van der Waals surface area contributed by atoms with Gasteiger partial charge in [0.1, 0.15) is 11.3 Å². The molecule has 3 aliphatic carbocycles. The van der Waals surface area contributed by atoms with Gasteiger partial charge < -0.3 is 10.1 Å². The van der Waals surface area contributed by atoms with Gasteiger partial charge in [0.25, 0.3) is 0 Å². The molecule has 4 nitrogen and oxygen atoms in total. The summed E-state index contributed by atoms with van der Waals surface area (Å²) in [6.07, 6.45) is 6.86. The van der Waals surface area contributed by atoms with E-state index in [1.807, 2.05) is 26.0 Å². The number of hydrogen-bond donors (Lipinski definition) is 1. The van der Waals surface area contributed by atoms with E-state index in [-0.39, 0.29) is 17.1 Å². The first kappa shape index (κ1) is 23.5. The number of amides is 1. The average Bonchev–Trinajstić information content (AvgIpc) is 3.62. The molecule has 0 heterocycles. The van der Waals surface area contributed by atoms with Crippen molar-refractivity contribution in [1.82, 2.24) is 5.32 Å². The predicted molar refractivity (Wildman–Crippen MR) is 131 cm³/mol. The quantitative estimate of drug-likeness (QED) is 0.654. The lowest BCUT2D eigenvalue weighted by Gasteiger charge is -2.45. The number of carbonyl (C=O) groups is 2. The SMILES string of the molecule is CC.CC(=O)NC1(C(C)=O)c2cc(OCC3CC3)ccc2CC12CCc1ccccc1CC2. The van der Waals surface area contributed by atoms with E-state index >= 15 is 0 Å². The van der Waals surface area contributed by atoms with Gasteiger partial charge in [-0.1, -0.05) is 44.2 Å². The Morgan fingerprint density at radius 2 is 1.61 bits per heavy atom. The Balaban J connectivity index is 0.00000126. The molecule has 1 unspecified atom stereocenters. The van der Waals surface area contributed by atoms with Crippen molar-refractivity contribution < 1.29 is 14.3 Å². The van der Waals surface area contributed by atoms with E-state index in [0.717, 1.165) is 55.6 Å². The second kappa shape index (κ2) is 9.32. The molecule has 33 heavy (non-hydrogen) atoms. The Labute approximate surface area is 198 Å². The zero-order chi connectivity index (χ0) is 23.6. The van der Waals surface area contributed by atoms with Crippen molar-refractivity contribution in [2.24, 2.45) is 11.3 Å². The largest absolute Gasteiger partial charge is 0.493 e. The van der Waals surface area contributed by atoms with Crippen LogP contribution in [0.1, 0.15) is 75.6 Å². The van der Waals surface area contributed by atoms with Crippen molar-refractivity contribution in [2.75, 3.05) is 6.61 Å². The van der Waals surface area contributed by atoms with Crippen molar-refractivity contribution in [3.8, 4) is 5.75 Å². The van der Waals surface area contributed by atoms with E-state index in [4.69, 9.17) is 4.74 Å². The standard InChI is InChI=1S/C27H31NO3.C2H6/c1-18(29)27(28-19(2)30)25-15-24(31-17-20-7-8-20)10-9-23(25)16-26(27)13-11-21-5-3-4-6-22(21)12-14-26;1-2/h3-6,9-10,15,20H,7-8,11-14,16-17H2,1-2H3,(H,28,30);1-2H3. The second-order valence-corrected chi connectivity index (χ2v) is 9.79. The molecule has 0 aliphatic heterocycles. The van der Waals surface area contributed by atoms with Crippen LogP contribution < -0.4 is 10.1 Å². The first-order valence-electron chi connectivity index (χ1n) is 12.6. The third kappa shape index (κ3) is 4.20. The molecule has 1 saturated carbocycles. The van der Waals surface area contributed by atoms with Crippen LogP contribution in [-0.4, -0.2) is 18.3 Å². The minimum atomic E-state index is -1.00. The van der Waals surface area contributed by atoms with Crippen LogP contribution in [0, 0.1) is 11.3 Å². The van der Waals surface area contributed by atoms with Gasteiger partial charge in [-0.2, -0.15) is 0 Å². The molecular formula is C29H37NO3. The molecule has 4 heteroatoms. The lowest BCUT2D eigenvalue weighted by atomic mass is 9.63. The van der Waals surface area contributed by atoms with Crippen LogP contribution in [0.5, 0.6) is 5.75 Å². The molecule has 1 spiro atoms. The summed E-state index contributed by atoms with van der Waals surface area (Å²) < 4.78 is 6.06. The monoisotopic (exact) mass is 447 g/mol. The van der Waals surface area contributed by atoms with Crippen LogP contribution in [-0.2, 0) is 34.4 Å². The zero-order valence-corrected chi connectivity index (χ0v) is 20.5. The highest BCUT2D eigenvalue weighted by Gasteiger charge is 2.61. The Kier molecular flexibility index (Phi) is 6.65. The second-order valence-electron chi connectivity index (χ2n) is 9.79. The zero-order valence-electron chi connectivity index (χ0n) is 20.5. The van der Waals surface area contributed by atoms with Gasteiger partial charge >= 0.3 is 0 Å². The van der Waals surface area contributed by atoms with Gasteiger partial charge in [0.15, 0.2) is 5.78 Å². The smallest absolute Gasteiger partial charge is 0.217 e. The maximum Gasteiger partial charge on any atom is 0.217 e. The molecule has 1 amide bonds. The molecule has 1 N–H and O–H groups in total. The van der Waals surface area contributed by atoms with Gasteiger partial charge in [0.2, 0.25) is 5.91 Å². The summed E-state index contributed by atoms with van der Waals surface area (Å²) in [7, 11) is 0. The first-order valence-corrected chi connectivity index (χ1v) is 12.6. The third-order valence-corrected chi connectivity index (χ3v) is 7.75. The normalized spacial score (nSPS) is 22.3. The van der Waals surface area contributed by atoms with Gasteiger partial charge in [0, 0.05) is 12.3 Å². The van der Waals surface area contributed by atoms with Crippen LogP contribution >= 0.6 is 0 Å². The maximum absolute atomic E-state index is 13.5. The molecule has 0 aromatic heterocycles. The Morgan fingerprint density at radius 3 is 2.15 bits per heavy atom. The Morgan fingerprint density at radius 1 is 0.970 bits per heavy atom. The highest BCUT2D eigenvalue weighted by molar-refractivity contribution is 5.94. The topological polar surface area (TPSA) is 55.4 Å². The average molecular weight is 448 g/mol. The summed E-state index contributed by atoms with van der Waals surface area (Å²) in [5.41, 5.74) is 3.49. The molecule has 2 aromatic rings. The summed E-state index contributed by atoms with van der Waals surface area (Å²) in [6, 6.07) is 14.8. The van der Waals surface area contributed by atoms with E-state index in [1.54, 1.807) is 6.92 Å². The number of nitrogens with one attached hydrogen (secondary N) is 1. The van der Waals surface area contributed by atoms with Crippen molar-refractivity contribution in [3.05, 3.63) is 64.7 Å². The lowest BCUT2D eigenvalue weighted by molar-refractivity contribution is -0.136. The minimum Gasteiger partial charge on any atom is -0.493 e. The third-order valence-electron chi connectivity index (χ3n) is 7.75. The fourth-order valence-electron chi connectivity index (χ4n) is 6.01. The molecule has 0 bridgehead atoms.